The maximum atomic E-state index is 5.53. The summed E-state index contributed by atoms with van der Waals surface area (Å²) >= 11 is 0. The van der Waals surface area contributed by atoms with Gasteiger partial charge in [0.05, 0.1) is 13.2 Å². The highest BCUT2D eigenvalue weighted by Crippen LogP contribution is 2.27. The van der Waals surface area contributed by atoms with Gasteiger partial charge in [-0.3, -0.25) is 0 Å². The molecule has 0 saturated carbocycles. The van der Waals surface area contributed by atoms with Crippen LogP contribution in [0.25, 0.3) is 11.3 Å². The molecular formula is C16H20N2O2. The van der Waals surface area contributed by atoms with E-state index in [4.69, 9.17) is 9.26 Å². The number of ether oxygens (including phenoxy) is 1. The van der Waals surface area contributed by atoms with Crippen LogP contribution < -0.4 is 10.1 Å². The van der Waals surface area contributed by atoms with Crippen LogP contribution in [0.3, 0.4) is 0 Å². The fraction of sp³-hybridized carbons (Fsp3) is 0.438. The molecule has 2 aromatic rings. The molecule has 1 atom stereocenters. The average molecular weight is 272 g/mol. The second-order valence-electron chi connectivity index (χ2n) is 5.20. The number of nitrogens with one attached hydrogen (secondary N) is 1. The van der Waals surface area contributed by atoms with Crippen molar-refractivity contribution in [3.8, 4) is 17.0 Å². The van der Waals surface area contributed by atoms with E-state index < -0.39 is 0 Å². The lowest BCUT2D eigenvalue weighted by Crippen LogP contribution is -2.19. The molecule has 1 saturated heterocycles. The van der Waals surface area contributed by atoms with Gasteiger partial charge in [0.2, 0.25) is 0 Å². The summed E-state index contributed by atoms with van der Waals surface area (Å²) in [7, 11) is 1.67. The first kappa shape index (κ1) is 13.2. The Morgan fingerprint density at radius 3 is 2.85 bits per heavy atom. The monoisotopic (exact) mass is 272 g/mol. The van der Waals surface area contributed by atoms with Crippen molar-refractivity contribution in [2.24, 2.45) is 0 Å². The molecule has 20 heavy (non-hydrogen) atoms. The van der Waals surface area contributed by atoms with Crippen LogP contribution in [0.15, 0.2) is 34.9 Å². The van der Waals surface area contributed by atoms with Crippen molar-refractivity contribution in [2.45, 2.75) is 31.7 Å². The molecule has 3 rings (SSSR count). The van der Waals surface area contributed by atoms with Crippen LogP contribution in [0.5, 0.6) is 5.75 Å². The topological polar surface area (TPSA) is 47.3 Å². The second-order valence-corrected chi connectivity index (χ2v) is 5.20. The van der Waals surface area contributed by atoms with Crippen molar-refractivity contribution in [2.75, 3.05) is 13.7 Å². The first-order valence-corrected chi connectivity index (χ1v) is 7.21. The first-order valence-electron chi connectivity index (χ1n) is 7.21. The summed E-state index contributed by atoms with van der Waals surface area (Å²) in [5.74, 6) is 1.79. The molecule has 0 amide bonds. The average Bonchev–Trinajstić information content (AvgIpc) is 2.83. The van der Waals surface area contributed by atoms with Gasteiger partial charge < -0.3 is 14.6 Å². The number of hydrogen-bond acceptors (Lipinski definition) is 4. The van der Waals surface area contributed by atoms with Crippen molar-refractivity contribution in [3.05, 3.63) is 36.1 Å². The van der Waals surface area contributed by atoms with E-state index in [1.54, 1.807) is 7.11 Å². The lowest BCUT2D eigenvalue weighted by molar-refractivity contribution is 0.336. The van der Waals surface area contributed by atoms with E-state index in [2.05, 4.69) is 10.5 Å². The van der Waals surface area contributed by atoms with Gasteiger partial charge in [0, 0.05) is 11.6 Å². The number of benzene rings is 1. The Bertz CT molecular complexity index is 540. The smallest absolute Gasteiger partial charge is 0.154 e. The van der Waals surface area contributed by atoms with E-state index in [1.807, 2.05) is 30.3 Å². The highest BCUT2D eigenvalue weighted by molar-refractivity contribution is 5.59. The Labute approximate surface area is 119 Å². The fourth-order valence-electron chi connectivity index (χ4n) is 2.62. The molecule has 0 unspecified atom stereocenters. The van der Waals surface area contributed by atoms with Gasteiger partial charge in [-0.05, 0) is 43.7 Å². The number of hydrogen-bond donors (Lipinski definition) is 1. The van der Waals surface area contributed by atoms with Gasteiger partial charge in [-0.15, -0.1) is 0 Å². The fourth-order valence-corrected chi connectivity index (χ4v) is 2.62. The third-order valence-electron chi connectivity index (χ3n) is 3.82. The van der Waals surface area contributed by atoms with Crippen LogP contribution in [0.2, 0.25) is 0 Å². The van der Waals surface area contributed by atoms with E-state index in [0.717, 1.165) is 35.7 Å². The van der Waals surface area contributed by atoms with Crippen molar-refractivity contribution >= 4 is 0 Å². The minimum Gasteiger partial charge on any atom is -0.497 e. The third kappa shape index (κ3) is 2.85. The summed E-state index contributed by atoms with van der Waals surface area (Å²) < 4.78 is 10.7. The first-order chi connectivity index (χ1) is 9.86. The predicted molar refractivity (Wildman–Crippen MR) is 77.7 cm³/mol. The van der Waals surface area contributed by atoms with E-state index in [-0.39, 0.29) is 0 Å². The van der Waals surface area contributed by atoms with Gasteiger partial charge >= 0.3 is 0 Å². The van der Waals surface area contributed by atoms with Gasteiger partial charge in [-0.2, -0.15) is 0 Å². The minimum absolute atomic E-state index is 0.303. The quantitative estimate of drug-likeness (QED) is 0.928. The lowest BCUT2D eigenvalue weighted by atomic mass is 10.1. The number of methoxy groups -OCH3 is 1. The summed E-state index contributed by atoms with van der Waals surface area (Å²) in [4.78, 5) is 0. The van der Waals surface area contributed by atoms with Crippen molar-refractivity contribution in [1.29, 1.82) is 0 Å². The zero-order valence-electron chi connectivity index (χ0n) is 11.8. The number of nitrogens with zero attached hydrogens (tertiary/aromatic N) is 1. The van der Waals surface area contributed by atoms with E-state index in [9.17, 15) is 0 Å². The molecule has 0 radical (unpaired) electrons. The summed E-state index contributed by atoms with van der Waals surface area (Å²) in [6, 6.07) is 10.2. The number of aromatic nitrogens is 1. The minimum atomic E-state index is 0.303. The normalized spacial score (nSPS) is 19.6. The molecular weight excluding hydrogens is 252 g/mol. The summed E-state index contributed by atoms with van der Waals surface area (Å²) in [5, 5.41) is 7.72. The van der Waals surface area contributed by atoms with Crippen LogP contribution in [0.1, 0.15) is 37.5 Å². The van der Waals surface area contributed by atoms with E-state index in [0.29, 0.717) is 6.04 Å². The molecule has 4 nitrogen and oxygen atoms in total. The van der Waals surface area contributed by atoms with Crippen molar-refractivity contribution in [1.82, 2.24) is 10.5 Å². The van der Waals surface area contributed by atoms with Crippen LogP contribution in [-0.4, -0.2) is 18.8 Å². The maximum Gasteiger partial charge on any atom is 0.154 e. The largest absolute Gasteiger partial charge is 0.497 e. The van der Waals surface area contributed by atoms with Crippen molar-refractivity contribution in [3.63, 3.8) is 0 Å². The third-order valence-corrected chi connectivity index (χ3v) is 3.82. The molecule has 1 fully saturated rings. The second kappa shape index (κ2) is 6.09. The standard InChI is InChI=1S/C16H20N2O2/c1-19-13-8-6-12(7-9-13)15-11-16(20-18-15)14-5-3-2-4-10-17-14/h6-9,11,14,17H,2-5,10H2,1H3/t14-/m0/s1. The van der Waals surface area contributed by atoms with Gasteiger partial charge in [-0.25, -0.2) is 0 Å². The molecule has 0 spiro atoms. The molecule has 1 N–H and O–H groups in total. The van der Waals surface area contributed by atoms with Gasteiger partial charge in [-0.1, -0.05) is 18.0 Å². The molecule has 1 aliphatic rings. The Morgan fingerprint density at radius 2 is 2.05 bits per heavy atom. The van der Waals surface area contributed by atoms with Crippen LogP contribution in [0.4, 0.5) is 0 Å². The summed E-state index contributed by atoms with van der Waals surface area (Å²) in [6.07, 6.45) is 4.91. The summed E-state index contributed by atoms with van der Waals surface area (Å²) in [6.45, 7) is 1.06. The molecule has 0 bridgehead atoms. The zero-order valence-corrected chi connectivity index (χ0v) is 11.8. The van der Waals surface area contributed by atoms with Crippen LogP contribution in [-0.2, 0) is 0 Å². The van der Waals surface area contributed by atoms with Gasteiger partial charge in [0.1, 0.15) is 11.4 Å². The Hall–Kier alpha value is -1.81. The predicted octanol–water partition coefficient (Wildman–Crippen LogP) is 3.55. The van der Waals surface area contributed by atoms with Crippen LogP contribution in [0, 0.1) is 0 Å². The number of rotatable bonds is 3. The molecule has 1 aliphatic heterocycles. The van der Waals surface area contributed by atoms with Crippen LogP contribution >= 0.6 is 0 Å². The van der Waals surface area contributed by atoms with Crippen molar-refractivity contribution < 1.29 is 9.26 Å². The van der Waals surface area contributed by atoms with E-state index in [1.165, 1.54) is 19.3 Å². The highest BCUT2D eigenvalue weighted by Gasteiger charge is 2.18. The van der Waals surface area contributed by atoms with Gasteiger partial charge in [0.25, 0.3) is 0 Å². The highest BCUT2D eigenvalue weighted by atomic mass is 16.5. The molecule has 1 aromatic carbocycles. The summed E-state index contributed by atoms with van der Waals surface area (Å²) in [5.41, 5.74) is 1.93. The Morgan fingerprint density at radius 1 is 1.20 bits per heavy atom. The molecule has 4 heteroatoms. The SMILES string of the molecule is COc1ccc(-c2cc([C@@H]3CCCCCN3)on2)cc1. The van der Waals surface area contributed by atoms with E-state index >= 15 is 0 Å². The molecule has 0 aliphatic carbocycles. The Balaban J connectivity index is 1.78. The maximum absolute atomic E-state index is 5.53. The molecule has 2 heterocycles. The molecule has 106 valence electrons. The Kier molecular flexibility index (Phi) is 4.02. The lowest BCUT2D eigenvalue weighted by Gasteiger charge is -2.10. The zero-order chi connectivity index (χ0) is 13.8. The molecule has 1 aromatic heterocycles. The van der Waals surface area contributed by atoms with Gasteiger partial charge in [0.15, 0.2) is 5.76 Å².